The van der Waals surface area contributed by atoms with E-state index >= 15 is 0 Å². The van der Waals surface area contributed by atoms with Crippen molar-refractivity contribution in [2.45, 2.75) is 19.8 Å². The van der Waals surface area contributed by atoms with Gasteiger partial charge in [-0.3, -0.25) is 0 Å². The number of anilines is 1. The minimum Gasteiger partial charge on any atom is -0.372 e. The number of aromatic nitrogens is 4. The highest BCUT2D eigenvalue weighted by Gasteiger charge is 2.13. The Morgan fingerprint density at radius 2 is 2.24 bits per heavy atom. The second-order valence-corrected chi connectivity index (χ2v) is 4.39. The summed E-state index contributed by atoms with van der Waals surface area (Å²) in [4.78, 5) is 16.1. The van der Waals surface area contributed by atoms with Gasteiger partial charge in [0.15, 0.2) is 11.6 Å². The summed E-state index contributed by atoms with van der Waals surface area (Å²) in [6.45, 7) is 2.13. The Morgan fingerprint density at radius 1 is 1.41 bits per heavy atom. The summed E-state index contributed by atoms with van der Waals surface area (Å²) < 4.78 is 0.928. The van der Waals surface area contributed by atoms with Gasteiger partial charge in [0.05, 0.1) is 10.2 Å². The zero-order valence-electron chi connectivity index (χ0n) is 9.79. The molecule has 0 aliphatic rings. The first kappa shape index (κ1) is 12.0. The van der Waals surface area contributed by atoms with Gasteiger partial charge in [-0.2, -0.15) is 0 Å². The normalized spacial score (nSPS) is 10.5. The molecule has 0 fully saturated rings. The third kappa shape index (κ3) is 2.46. The fourth-order valence-electron chi connectivity index (χ4n) is 1.56. The van der Waals surface area contributed by atoms with Crippen LogP contribution in [-0.2, 0) is 6.42 Å². The predicted molar refractivity (Wildman–Crippen MR) is 70.9 cm³/mol. The molecular weight excluding hydrogens is 282 g/mol. The zero-order chi connectivity index (χ0) is 12.3. The minimum absolute atomic E-state index is 0.617. The number of imidazole rings is 1. The number of hydrogen-bond donors (Lipinski definition) is 2. The van der Waals surface area contributed by atoms with Gasteiger partial charge in [-0.15, -0.1) is 0 Å². The Bertz CT molecular complexity index is 495. The van der Waals surface area contributed by atoms with Crippen LogP contribution in [0.2, 0.25) is 0 Å². The zero-order valence-corrected chi connectivity index (χ0v) is 11.4. The summed E-state index contributed by atoms with van der Waals surface area (Å²) in [6, 6.07) is 0. The van der Waals surface area contributed by atoms with E-state index in [1.807, 2.05) is 7.05 Å². The van der Waals surface area contributed by atoms with Crippen molar-refractivity contribution in [1.82, 2.24) is 19.9 Å². The summed E-state index contributed by atoms with van der Waals surface area (Å²) in [7, 11) is 1.84. The third-order valence-electron chi connectivity index (χ3n) is 2.35. The topological polar surface area (TPSA) is 66.5 Å². The summed E-state index contributed by atoms with van der Waals surface area (Å²) in [5.41, 5.74) is 0.998. The molecule has 2 heterocycles. The van der Waals surface area contributed by atoms with Crippen molar-refractivity contribution in [2.24, 2.45) is 0 Å². The molecule has 0 unspecified atom stereocenters. The van der Waals surface area contributed by atoms with Crippen LogP contribution in [0.15, 0.2) is 16.9 Å². The fourth-order valence-corrected chi connectivity index (χ4v) is 2.13. The molecule has 2 N–H and O–H groups in total. The van der Waals surface area contributed by atoms with Crippen molar-refractivity contribution < 1.29 is 0 Å². The lowest BCUT2D eigenvalue weighted by Crippen LogP contribution is -2.04. The molecule has 17 heavy (non-hydrogen) atoms. The summed E-state index contributed by atoms with van der Waals surface area (Å²) >= 11 is 3.52. The smallest absolute Gasteiger partial charge is 0.197 e. The van der Waals surface area contributed by atoms with E-state index in [4.69, 9.17) is 0 Å². The molecule has 0 bridgehead atoms. The summed E-state index contributed by atoms with van der Waals surface area (Å²) in [5.74, 6) is 2.09. The second kappa shape index (κ2) is 5.27. The van der Waals surface area contributed by atoms with Gasteiger partial charge in [-0.05, 0) is 22.4 Å². The van der Waals surface area contributed by atoms with Crippen molar-refractivity contribution in [1.29, 1.82) is 0 Å². The second-order valence-electron chi connectivity index (χ2n) is 3.59. The first-order valence-electron chi connectivity index (χ1n) is 5.50. The molecule has 5 nitrogen and oxygen atoms in total. The van der Waals surface area contributed by atoms with Crippen LogP contribution in [0.5, 0.6) is 0 Å². The number of nitrogens with one attached hydrogen (secondary N) is 2. The standard InChI is InChI=1S/C11H14BrN5/c1-3-4-7-8(12)9(13-2)17-11(16-7)10-14-5-6-15-10/h5-6H,3-4H2,1-2H3,(H,14,15)(H,13,16,17). The predicted octanol–water partition coefficient (Wildman–Crippen LogP) is 2.62. The maximum Gasteiger partial charge on any atom is 0.197 e. The van der Waals surface area contributed by atoms with Crippen molar-refractivity contribution >= 4 is 21.7 Å². The highest BCUT2D eigenvalue weighted by atomic mass is 79.9. The van der Waals surface area contributed by atoms with E-state index in [0.29, 0.717) is 11.6 Å². The monoisotopic (exact) mass is 295 g/mol. The highest BCUT2D eigenvalue weighted by molar-refractivity contribution is 9.10. The molecule has 0 aromatic carbocycles. The van der Waals surface area contributed by atoms with Gasteiger partial charge in [-0.25, -0.2) is 15.0 Å². The van der Waals surface area contributed by atoms with Crippen molar-refractivity contribution in [2.75, 3.05) is 12.4 Å². The van der Waals surface area contributed by atoms with E-state index in [1.54, 1.807) is 12.4 Å². The van der Waals surface area contributed by atoms with Crippen molar-refractivity contribution in [3.05, 3.63) is 22.6 Å². The average molecular weight is 296 g/mol. The highest BCUT2D eigenvalue weighted by Crippen LogP contribution is 2.26. The van der Waals surface area contributed by atoms with Gasteiger partial charge >= 0.3 is 0 Å². The average Bonchev–Trinajstić information content (AvgIpc) is 2.85. The van der Waals surface area contributed by atoms with E-state index in [9.17, 15) is 0 Å². The fraction of sp³-hybridized carbons (Fsp3) is 0.364. The van der Waals surface area contributed by atoms with Gasteiger partial charge in [0, 0.05) is 19.4 Å². The molecule has 2 rings (SSSR count). The maximum atomic E-state index is 4.52. The number of nitrogens with zero attached hydrogens (tertiary/aromatic N) is 3. The van der Waals surface area contributed by atoms with Gasteiger partial charge in [0.1, 0.15) is 5.82 Å². The van der Waals surface area contributed by atoms with Crippen LogP contribution in [0.4, 0.5) is 5.82 Å². The Balaban J connectivity index is 2.50. The Kier molecular flexibility index (Phi) is 3.73. The van der Waals surface area contributed by atoms with Crippen LogP contribution in [0, 0.1) is 0 Å². The SMILES string of the molecule is CCCc1nc(-c2ncc[nH]2)nc(NC)c1Br. The van der Waals surface area contributed by atoms with E-state index in [0.717, 1.165) is 28.8 Å². The molecule has 0 amide bonds. The molecule has 0 saturated heterocycles. The molecule has 0 aliphatic heterocycles. The van der Waals surface area contributed by atoms with Gasteiger partial charge in [-0.1, -0.05) is 13.3 Å². The van der Waals surface area contributed by atoms with Crippen LogP contribution in [0.3, 0.4) is 0 Å². The summed E-state index contributed by atoms with van der Waals surface area (Å²) in [6.07, 6.45) is 5.40. The molecule has 0 aliphatic carbocycles. The van der Waals surface area contributed by atoms with Gasteiger partial charge in [0.25, 0.3) is 0 Å². The van der Waals surface area contributed by atoms with Gasteiger partial charge < -0.3 is 10.3 Å². The lowest BCUT2D eigenvalue weighted by molar-refractivity contribution is 0.866. The molecule has 2 aromatic heterocycles. The number of rotatable bonds is 4. The Hall–Kier alpha value is -1.43. The van der Waals surface area contributed by atoms with Crippen LogP contribution in [0.1, 0.15) is 19.0 Å². The number of aryl methyl sites for hydroxylation is 1. The molecular formula is C11H14BrN5. The molecule has 0 spiro atoms. The Labute approximate surface area is 108 Å². The quantitative estimate of drug-likeness (QED) is 0.910. The number of hydrogen-bond acceptors (Lipinski definition) is 4. The van der Waals surface area contributed by atoms with Crippen LogP contribution < -0.4 is 5.32 Å². The van der Waals surface area contributed by atoms with E-state index in [-0.39, 0.29) is 0 Å². The number of H-pyrrole nitrogens is 1. The molecule has 0 atom stereocenters. The van der Waals surface area contributed by atoms with Crippen LogP contribution >= 0.6 is 15.9 Å². The summed E-state index contributed by atoms with van der Waals surface area (Å²) in [5, 5.41) is 3.06. The molecule has 6 heteroatoms. The van der Waals surface area contributed by atoms with E-state index < -0.39 is 0 Å². The van der Waals surface area contributed by atoms with E-state index in [2.05, 4.69) is 48.1 Å². The minimum atomic E-state index is 0.617. The van der Waals surface area contributed by atoms with Gasteiger partial charge in [0.2, 0.25) is 0 Å². The van der Waals surface area contributed by atoms with Crippen molar-refractivity contribution in [3.63, 3.8) is 0 Å². The lowest BCUT2D eigenvalue weighted by Gasteiger charge is -2.09. The van der Waals surface area contributed by atoms with Crippen LogP contribution in [-0.4, -0.2) is 27.0 Å². The lowest BCUT2D eigenvalue weighted by atomic mass is 10.2. The Morgan fingerprint density at radius 3 is 2.82 bits per heavy atom. The maximum absolute atomic E-state index is 4.52. The first-order chi connectivity index (χ1) is 8.26. The molecule has 2 aromatic rings. The van der Waals surface area contributed by atoms with Crippen molar-refractivity contribution in [3.8, 4) is 11.6 Å². The number of aromatic amines is 1. The third-order valence-corrected chi connectivity index (χ3v) is 3.19. The number of halogens is 1. The first-order valence-corrected chi connectivity index (χ1v) is 6.29. The van der Waals surface area contributed by atoms with E-state index in [1.165, 1.54) is 0 Å². The van der Waals surface area contributed by atoms with Crippen LogP contribution in [0.25, 0.3) is 11.6 Å². The molecule has 0 radical (unpaired) electrons. The largest absolute Gasteiger partial charge is 0.372 e. The molecule has 0 saturated carbocycles. The molecule has 90 valence electrons.